The number of aromatic amines is 1. The standard InChI is InChI=1S/C15H18N2O2/c1-9(2)11-5-6-12(14(7-11)19-4)13-8-16-15(17-13)10(3)18/h5-9H,1-4H3,(H,16,17). The van der Waals surface area contributed by atoms with Crippen LogP contribution >= 0.6 is 0 Å². The molecule has 100 valence electrons. The molecule has 0 aliphatic rings. The molecule has 1 aromatic heterocycles. The van der Waals surface area contributed by atoms with Crippen LogP contribution in [0.3, 0.4) is 0 Å². The molecule has 2 aromatic rings. The van der Waals surface area contributed by atoms with Crippen molar-refractivity contribution in [1.29, 1.82) is 0 Å². The van der Waals surface area contributed by atoms with Crippen molar-refractivity contribution in [3.8, 4) is 17.0 Å². The maximum Gasteiger partial charge on any atom is 0.194 e. The molecule has 1 aromatic carbocycles. The highest BCUT2D eigenvalue weighted by Crippen LogP contribution is 2.31. The van der Waals surface area contributed by atoms with Crippen LogP contribution in [0.15, 0.2) is 24.4 Å². The third kappa shape index (κ3) is 2.67. The molecule has 0 spiro atoms. The largest absolute Gasteiger partial charge is 0.496 e. The highest BCUT2D eigenvalue weighted by atomic mass is 16.5. The third-order valence-electron chi connectivity index (χ3n) is 3.09. The van der Waals surface area contributed by atoms with Crippen molar-refractivity contribution in [2.45, 2.75) is 26.7 Å². The second kappa shape index (κ2) is 5.26. The van der Waals surface area contributed by atoms with E-state index < -0.39 is 0 Å². The minimum Gasteiger partial charge on any atom is -0.496 e. The molecule has 0 unspecified atom stereocenters. The lowest BCUT2D eigenvalue weighted by Crippen LogP contribution is -1.95. The Morgan fingerprint density at radius 3 is 2.63 bits per heavy atom. The number of carbonyl (C=O) groups is 1. The summed E-state index contributed by atoms with van der Waals surface area (Å²) in [4.78, 5) is 18.3. The average molecular weight is 258 g/mol. The van der Waals surface area contributed by atoms with Crippen LogP contribution in [-0.4, -0.2) is 22.9 Å². The number of Topliss-reactive ketones (excluding diaryl/α,β-unsaturated/α-hetero) is 1. The summed E-state index contributed by atoms with van der Waals surface area (Å²) in [6, 6.07) is 6.08. The number of ketones is 1. The Bertz CT molecular complexity index is 600. The van der Waals surface area contributed by atoms with Gasteiger partial charge in [0.1, 0.15) is 5.75 Å². The molecule has 1 N–H and O–H groups in total. The van der Waals surface area contributed by atoms with Crippen LogP contribution in [0, 0.1) is 0 Å². The van der Waals surface area contributed by atoms with Crippen molar-refractivity contribution in [2.24, 2.45) is 0 Å². The molecule has 19 heavy (non-hydrogen) atoms. The van der Waals surface area contributed by atoms with E-state index in [2.05, 4.69) is 29.9 Å². The Hall–Kier alpha value is -2.10. The first kappa shape index (κ1) is 13.3. The number of methoxy groups -OCH3 is 1. The molecular weight excluding hydrogens is 240 g/mol. The molecule has 0 aliphatic heterocycles. The number of aromatic nitrogens is 2. The Labute approximate surface area is 112 Å². The first-order valence-electron chi connectivity index (χ1n) is 6.27. The van der Waals surface area contributed by atoms with Gasteiger partial charge in [0, 0.05) is 12.5 Å². The van der Waals surface area contributed by atoms with E-state index in [0.717, 1.165) is 17.0 Å². The van der Waals surface area contributed by atoms with Gasteiger partial charge in [-0.1, -0.05) is 19.9 Å². The number of carbonyl (C=O) groups excluding carboxylic acids is 1. The minimum atomic E-state index is -0.0796. The summed E-state index contributed by atoms with van der Waals surface area (Å²) in [7, 11) is 1.64. The lowest BCUT2D eigenvalue weighted by atomic mass is 10.00. The number of hydrogen-bond acceptors (Lipinski definition) is 3. The molecule has 2 rings (SSSR count). The minimum absolute atomic E-state index is 0.0796. The van der Waals surface area contributed by atoms with E-state index in [1.54, 1.807) is 13.3 Å². The third-order valence-corrected chi connectivity index (χ3v) is 3.09. The van der Waals surface area contributed by atoms with Gasteiger partial charge in [0.05, 0.1) is 19.0 Å². The van der Waals surface area contributed by atoms with Crippen molar-refractivity contribution in [1.82, 2.24) is 9.97 Å². The molecule has 4 heteroatoms. The van der Waals surface area contributed by atoms with Crippen LogP contribution in [0.25, 0.3) is 11.3 Å². The van der Waals surface area contributed by atoms with E-state index in [-0.39, 0.29) is 5.78 Å². The van der Waals surface area contributed by atoms with Gasteiger partial charge < -0.3 is 9.72 Å². The van der Waals surface area contributed by atoms with Crippen molar-refractivity contribution in [3.63, 3.8) is 0 Å². The summed E-state index contributed by atoms with van der Waals surface area (Å²) in [5, 5.41) is 0. The highest BCUT2D eigenvalue weighted by molar-refractivity contribution is 5.91. The van der Waals surface area contributed by atoms with Gasteiger partial charge in [0.2, 0.25) is 0 Å². The molecule has 0 saturated carbocycles. The van der Waals surface area contributed by atoms with Gasteiger partial charge in [-0.05, 0) is 23.6 Å². The first-order valence-corrected chi connectivity index (χ1v) is 6.27. The number of nitrogens with zero attached hydrogens (tertiary/aromatic N) is 1. The van der Waals surface area contributed by atoms with Gasteiger partial charge in [-0.2, -0.15) is 0 Å². The summed E-state index contributed by atoms with van der Waals surface area (Å²) < 4.78 is 5.43. The molecule has 0 saturated heterocycles. The second-order valence-electron chi connectivity index (χ2n) is 4.82. The summed E-state index contributed by atoms with van der Waals surface area (Å²) in [5.74, 6) is 1.51. The van der Waals surface area contributed by atoms with Gasteiger partial charge in [-0.25, -0.2) is 4.98 Å². The van der Waals surface area contributed by atoms with Gasteiger partial charge in [0.15, 0.2) is 11.6 Å². The number of benzene rings is 1. The number of H-pyrrole nitrogens is 1. The van der Waals surface area contributed by atoms with E-state index in [9.17, 15) is 4.79 Å². The fourth-order valence-electron chi connectivity index (χ4n) is 1.93. The Morgan fingerprint density at radius 2 is 2.11 bits per heavy atom. The fraction of sp³-hybridized carbons (Fsp3) is 0.333. The van der Waals surface area contributed by atoms with Crippen LogP contribution < -0.4 is 4.74 Å². The van der Waals surface area contributed by atoms with E-state index in [0.29, 0.717) is 11.7 Å². The van der Waals surface area contributed by atoms with Gasteiger partial charge >= 0.3 is 0 Å². The monoisotopic (exact) mass is 258 g/mol. The maximum absolute atomic E-state index is 11.3. The molecule has 0 radical (unpaired) electrons. The normalized spacial score (nSPS) is 10.8. The molecule has 0 bridgehead atoms. The predicted molar refractivity (Wildman–Crippen MR) is 74.7 cm³/mol. The molecule has 0 aliphatic carbocycles. The molecule has 4 nitrogen and oxygen atoms in total. The fourth-order valence-corrected chi connectivity index (χ4v) is 1.93. The van der Waals surface area contributed by atoms with E-state index in [1.165, 1.54) is 12.5 Å². The highest BCUT2D eigenvalue weighted by Gasteiger charge is 2.12. The van der Waals surface area contributed by atoms with Crippen molar-refractivity contribution in [2.75, 3.05) is 7.11 Å². The average Bonchev–Trinajstić information content (AvgIpc) is 2.87. The SMILES string of the molecule is COc1cc(C(C)C)ccc1-c1cnc(C(C)=O)[nH]1. The van der Waals surface area contributed by atoms with Gasteiger partial charge in [-0.15, -0.1) is 0 Å². The van der Waals surface area contributed by atoms with Crippen LogP contribution in [-0.2, 0) is 0 Å². The lowest BCUT2D eigenvalue weighted by Gasteiger charge is -2.11. The maximum atomic E-state index is 11.3. The molecular formula is C15H18N2O2. The zero-order chi connectivity index (χ0) is 14.0. The summed E-state index contributed by atoms with van der Waals surface area (Å²) in [6.45, 7) is 5.76. The van der Waals surface area contributed by atoms with Crippen LogP contribution in [0.5, 0.6) is 5.75 Å². The van der Waals surface area contributed by atoms with Crippen LogP contribution in [0.1, 0.15) is 42.9 Å². The van der Waals surface area contributed by atoms with E-state index >= 15 is 0 Å². The smallest absolute Gasteiger partial charge is 0.194 e. The van der Waals surface area contributed by atoms with E-state index in [1.807, 2.05) is 12.1 Å². The predicted octanol–water partition coefficient (Wildman–Crippen LogP) is 3.41. The Kier molecular flexibility index (Phi) is 3.69. The quantitative estimate of drug-likeness (QED) is 0.855. The molecule has 1 heterocycles. The second-order valence-corrected chi connectivity index (χ2v) is 4.82. The summed E-state index contributed by atoms with van der Waals surface area (Å²) in [5.41, 5.74) is 2.91. The molecule has 0 fully saturated rings. The van der Waals surface area contributed by atoms with Crippen LogP contribution in [0.4, 0.5) is 0 Å². The Balaban J connectivity index is 2.46. The number of nitrogens with one attached hydrogen (secondary N) is 1. The van der Waals surface area contributed by atoms with Crippen molar-refractivity contribution in [3.05, 3.63) is 35.8 Å². The Morgan fingerprint density at radius 1 is 1.37 bits per heavy atom. The summed E-state index contributed by atoms with van der Waals surface area (Å²) >= 11 is 0. The lowest BCUT2D eigenvalue weighted by molar-refractivity contribution is 0.100. The van der Waals surface area contributed by atoms with Crippen LogP contribution in [0.2, 0.25) is 0 Å². The molecule has 0 atom stereocenters. The number of hydrogen-bond donors (Lipinski definition) is 1. The van der Waals surface area contributed by atoms with Gasteiger partial charge in [-0.3, -0.25) is 4.79 Å². The molecule has 0 amide bonds. The number of imidazole rings is 1. The zero-order valence-electron chi connectivity index (χ0n) is 11.7. The van der Waals surface area contributed by atoms with E-state index in [4.69, 9.17) is 4.74 Å². The van der Waals surface area contributed by atoms with Crippen molar-refractivity contribution >= 4 is 5.78 Å². The summed E-state index contributed by atoms with van der Waals surface area (Å²) in [6.07, 6.45) is 1.66. The number of rotatable bonds is 4. The zero-order valence-corrected chi connectivity index (χ0v) is 11.7. The topological polar surface area (TPSA) is 55.0 Å². The first-order chi connectivity index (χ1) is 9.02. The van der Waals surface area contributed by atoms with Crippen molar-refractivity contribution < 1.29 is 9.53 Å². The number of ether oxygens (including phenoxy) is 1. The van der Waals surface area contributed by atoms with Gasteiger partial charge in [0.25, 0.3) is 0 Å².